The lowest BCUT2D eigenvalue weighted by molar-refractivity contribution is 0.106. The number of nitrogens with one attached hydrogen (secondary N) is 1. The van der Waals surface area contributed by atoms with Gasteiger partial charge >= 0.3 is 6.03 Å². The number of carbonyl (C=O) groups is 1. The smallest absolute Gasteiger partial charge is 0.317 e. The molecule has 2 rings (SSSR count). The molecule has 0 spiro atoms. The van der Waals surface area contributed by atoms with Gasteiger partial charge in [-0.15, -0.1) is 0 Å². The molecule has 0 aromatic heterocycles. The second-order valence-corrected chi connectivity index (χ2v) is 6.04. The number of ether oxygens (including phenoxy) is 1. The molecule has 0 unspecified atom stereocenters. The summed E-state index contributed by atoms with van der Waals surface area (Å²) in [5.74, 6) is 0.839. The average Bonchev–Trinajstić information content (AvgIpc) is 2.49. The van der Waals surface area contributed by atoms with Gasteiger partial charge in [0.15, 0.2) is 0 Å². The Hall–Kier alpha value is -1.75. The fraction of sp³-hybridized carbons (Fsp3) is 0.588. The van der Waals surface area contributed by atoms with Crippen molar-refractivity contribution in [1.29, 1.82) is 0 Å². The average molecular weight is 306 g/mol. The van der Waals surface area contributed by atoms with Crippen LogP contribution in [0.5, 0.6) is 5.75 Å². The number of amides is 2. The molecule has 1 aliphatic carbocycles. The van der Waals surface area contributed by atoms with Crippen LogP contribution in [0.4, 0.5) is 4.79 Å². The number of aliphatic hydroxyl groups is 1. The van der Waals surface area contributed by atoms with Crippen molar-refractivity contribution in [3.05, 3.63) is 30.3 Å². The van der Waals surface area contributed by atoms with Crippen LogP contribution in [0.1, 0.15) is 32.6 Å². The molecule has 0 radical (unpaired) electrons. The maximum Gasteiger partial charge on any atom is 0.317 e. The van der Waals surface area contributed by atoms with Crippen molar-refractivity contribution >= 4 is 6.03 Å². The van der Waals surface area contributed by atoms with Gasteiger partial charge in [-0.25, -0.2) is 4.79 Å². The number of aliphatic hydroxyl groups excluding tert-OH is 1. The van der Waals surface area contributed by atoms with Crippen LogP contribution in [0.25, 0.3) is 0 Å². The molecule has 122 valence electrons. The van der Waals surface area contributed by atoms with Crippen LogP contribution >= 0.6 is 0 Å². The lowest BCUT2D eigenvalue weighted by Gasteiger charge is -2.33. The number of likely N-dealkylation sites (N-methyl/N-ethyl adjacent to an activating group) is 1. The van der Waals surface area contributed by atoms with Crippen LogP contribution in [0.15, 0.2) is 30.3 Å². The first-order valence-corrected chi connectivity index (χ1v) is 7.97. The van der Waals surface area contributed by atoms with Gasteiger partial charge in [-0.1, -0.05) is 24.6 Å². The molecular formula is C17H26N2O3. The van der Waals surface area contributed by atoms with Gasteiger partial charge in [0.05, 0.1) is 12.1 Å². The van der Waals surface area contributed by atoms with E-state index in [1.165, 1.54) is 4.90 Å². The fourth-order valence-corrected chi connectivity index (χ4v) is 2.82. The Morgan fingerprint density at radius 1 is 1.36 bits per heavy atom. The summed E-state index contributed by atoms with van der Waals surface area (Å²) in [5.41, 5.74) is 0. The molecule has 0 aliphatic heterocycles. The lowest BCUT2D eigenvalue weighted by atomic mass is 9.92. The monoisotopic (exact) mass is 306 g/mol. The minimum atomic E-state index is -0.529. The highest BCUT2D eigenvalue weighted by Gasteiger charge is 2.29. The Morgan fingerprint density at radius 3 is 2.73 bits per heavy atom. The Balaban J connectivity index is 1.93. The highest BCUT2D eigenvalue weighted by Crippen LogP contribution is 2.24. The van der Waals surface area contributed by atoms with E-state index in [1.807, 2.05) is 30.3 Å². The van der Waals surface area contributed by atoms with Crippen molar-refractivity contribution in [3.63, 3.8) is 0 Å². The molecule has 5 heteroatoms. The normalized spacial score (nSPS) is 22.7. The molecule has 3 atom stereocenters. The second-order valence-electron chi connectivity index (χ2n) is 6.04. The largest absolute Gasteiger partial charge is 0.488 e. The van der Waals surface area contributed by atoms with E-state index in [1.54, 1.807) is 14.0 Å². The zero-order valence-corrected chi connectivity index (χ0v) is 13.4. The number of urea groups is 1. The lowest BCUT2D eigenvalue weighted by Crippen LogP contribution is -2.52. The number of benzene rings is 1. The molecule has 1 saturated carbocycles. The summed E-state index contributed by atoms with van der Waals surface area (Å²) < 4.78 is 6.05. The SMILES string of the molecule is C[C@H](O)CN(C)C(=O)N[C@H]1CCCC[C@@H]1Oc1ccccc1. The van der Waals surface area contributed by atoms with Crippen LogP contribution in [0.3, 0.4) is 0 Å². The summed E-state index contributed by atoms with van der Waals surface area (Å²) in [5, 5.41) is 12.4. The van der Waals surface area contributed by atoms with Gasteiger partial charge < -0.3 is 20.1 Å². The standard InChI is InChI=1S/C17H26N2O3/c1-13(20)12-19(2)17(21)18-15-10-6-7-11-16(15)22-14-8-4-3-5-9-14/h3-5,8-9,13,15-16,20H,6-7,10-12H2,1-2H3,(H,18,21)/t13-,15-,16-/m0/s1. The molecule has 1 fully saturated rings. The van der Waals surface area contributed by atoms with E-state index in [0.717, 1.165) is 31.4 Å². The van der Waals surface area contributed by atoms with Crippen molar-refractivity contribution in [2.75, 3.05) is 13.6 Å². The number of hydrogen-bond donors (Lipinski definition) is 2. The third-order valence-corrected chi connectivity index (χ3v) is 3.93. The first kappa shape index (κ1) is 16.6. The number of rotatable bonds is 5. The highest BCUT2D eigenvalue weighted by atomic mass is 16.5. The minimum absolute atomic E-state index is 0.0000463. The molecule has 0 saturated heterocycles. The molecule has 1 aliphatic rings. The molecule has 5 nitrogen and oxygen atoms in total. The Kier molecular flexibility index (Phi) is 6.07. The molecule has 22 heavy (non-hydrogen) atoms. The molecule has 1 aromatic carbocycles. The summed E-state index contributed by atoms with van der Waals surface area (Å²) in [6.45, 7) is 1.99. The van der Waals surface area contributed by atoms with E-state index in [9.17, 15) is 9.90 Å². The van der Waals surface area contributed by atoms with E-state index < -0.39 is 6.10 Å². The minimum Gasteiger partial charge on any atom is -0.488 e. The van der Waals surface area contributed by atoms with Crippen LogP contribution in [0, 0.1) is 0 Å². The van der Waals surface area contributed by atoms with Crippen LogP contribution in [0.2, 0.25) is 0 Å². The summed E-state index contributed by atoms with van der Waals surface area (Å²) >= 11 is 0. The van der Waals surface area contributed by atoms with Crippen molar-refractivity contribution in [3.8, 4) is 5.75 Å². The molecule has 0 heterocycles. The summed E-state index contributed by atoms with van der Waals surface area (Å²) in [7, 11) is 1.69. The van der Waals surface area contributed by atoms with Gasteiger partial charge in [-0.2, -0.15) is 0 Å². The maximum absolute atomic E-state index is 12.2. The predicted molar refractivity (Wildman–Crippen MR) is 86.0 cm³/mol. The van der Waals surface area contributed by atoms with E-state index in [-0.39, 0.29) is 18.2 Å². The molecule has 2 N–H and O–H groups in total. The van der Waals surface area contributed by atoms with Crippen LogP contribution < -0.4 is 10.1 Å². The quantitative estimate of drug-likeness (QED) is 0.878. The van der Waals surface area contributed by atoms with E-state index in [0.29, 0.717) is 6.54 Å². The number of nitrogens with zero attached hydrogens (tertiary/aromatic N) is 1. The van der Waals surface area contributed by atoms with E-state index in [4.69, 9.17) is 4.74 Å². The number of hydrogen-bond acceptors (Lipinski definition) is 3. The van der Waals surface area contributed by atoms with Gasteiger partial charge in [0.25, 0.3) is 0 Å². The van der Waals surface area contributed by atoms with Crippen LogP contribution in [-0.4, -0.2) is 47.9 Å². The predicted octanol–water partition coefficient (Wildman–Crippen LogP) is 2.40. The Morgan fingerprint density at radius 2 is 2.05 bits per heavy atom. The first-order valence-electron chi connectivity index (χ1n) is 7.97. The Labute approximate surface area is 132 Å². The fourth-order valence-electron chi connectivity index (χ4n) is 2.82. The zero-order valence-electron chi connectivity index (χ0n) is 13.4. The molecule has 1 aromatic rings. The zero-order chi connectivity index (χ0) is 15.9. The van der Waals surface area contributed by atoms with Gasteiger partial charge in [-0.05, 0) is 38.3 Å². The highest BCUT2D eigenvalue weighted by molar-refractivity contribution is 5.74. The van der Waals surface area contributed by atoms with Crippen molar-refractivity contribution < 1.29 is 14.6 Å². The molecule has 0 bridgehead atoms. The third kappa shape index (κ3) is 4.91. The maximum atomic E-state index is 12.2. The van der Waals surface area contributed by atoms with E-state index >= 15 is 0 Å². The Bertz CT molecular complexity index is 464. The van der Waals surface area contributed by atoms with Gasteiger partial charge in [0, 0.05) is 13.6 Å². The first-order chi connectivity index (χ1) is 10.6. The molecular weight excluding hydrogens is 280 g/mol. The van der Waals surface area contributed by atoms with Gasteiger partial charge in [-0.3, -0.25) is 0 Å². The van der Waals surface area contributed by atoms with E-state index in [2.05, 4.69) is 5.32 Å². The second kappa shape index (κ2) is 8.03. The van der Waals surface area contributed by atoms with Gasteiger partial charge in [0.2, 0.25) is 0 Å². The third-order valence-electron chi connectivity index (χ3n) is 3.93. The summed E-state index contributed by atoms with van der Waals surface area (Å²) in [6, 6.07) is 9.58. The van der Waals surface area contributed by atoms with Crippen molar-refractivity contribution in [2.24, 2.45) is 0 Å². The van der Waals surface area contributed by atoms with Gasteiger partial charge in [0.1, 0.15) is 11.9 Å². The summed E-state index contributed by atoms with van der Waals surface area (Å²) in [4.78, 5) is 13.7. The van der Waals surface area contributed by atoms with Crippen LogP contribution in [-0.2, 0) is 0 Å². The number of carbonyl (C=O) groups excluding carboxylic acids is 1. The van der Waals surface area contributed by atoms with Crippen molar-refractivity contribution in [2.45, 2.75) is 50.9 Å². The molecule has 2 amide bonds. The number of para-hydroxylation sites is 1. The summed E-state index contributed by atoms with van der Waals surface area (Å²) in [6.07, 6.45) is 3.55. The topological polar surface area (TPSA) is 61.8 Å². The van der Waals surface area contributed by atoms with Crippen molar-refractivity contribution in [1.82, 2.24) is 10.2 Å².